The van der Waals surface area contributed by atoms with Crippen molar-refractivity contribution in [3.63, 3.8) is 0 Å². The Labute approximate surface area is 135 Å². The fourth-order valence-electron chi connectivity index (χ4n) is 2.90. The second-order valence-corrected chi connectivity index (χ2v) is 6.28. The van der Waals surface area contributed by atoms with Crippen LogP contribution in [-0.2, 0) is 13.0 Å². The zero-order chi connectivity index (χ0) is 15.7. The fraction of sp³-hybridized carbons (Fsp3) is 0.294. The van der Waals surface area contributed by atoms with Gasteiger partial charge >= 0.3 is 0 Å². The van der Waals surface area contributed by atoms with Crippen molar-refractivity contribution in [2.75, 3.05) is 23.6 Å². The maximum Gasteiger partial charge on any atom is 0.0667 e. The molecule has 0 saturated heterocycles. The van der Waals surface area contributed by atoms with Crippen molar-refractivity contribution in [1.82, 2.24) is 0 Å². The number of anilines is 2. The van der Waals surface area contributed by atoms with E-state index in [-0.39, 0.29) is 6.04 Å². The molecule has 0 aliphatic carbocycles. The van der Waals surface area contributed by atoms with E-state index >= 15 is 0 Å². The predicted octanol–water partition coefficient (Wildman–Crippen LogP) is 3.06. The van der Waals surface area contributed by atoms with Crippen molar-refractivity contribution in [2.45, 2.75) is 19.0 Å². The first-order chi connectivity index (χ1) is 10.5. The molecule has 22 heavy (non-hydrogen) atoms. The van der Waals surface area contributed by atoms with Crippen LogP contribution in [-0.4, -0.2) is 24.8 Å². The van der Waals surface area contributed by atoms with Gasteiger partial charge in [0.05, 0.1) is 12.2 Å². The zero-order valence-electron chi connectivity index (χ0n) is 12.5. The summed E-state index contributed by atoms with van der Waals surface area (Å²) in [5.74, 6) is 0. The molecule has 4 nitrogen and oxygen atoms in total. The van der Waals surface area contributed by atoms with Crippen LogP contribution >= 0.6 is 11.6 Å². The van der Waals surface area contributed by atoms with Crippen LogP contribution in [0.2, 0.25) is 5.02 Å². The number of fused-ring (bicyclic) bond motifs is 1. The first kappa shape index (κ1) is 15.2. The Balaban J connectivity index is 1.80. The Bertz CT molecular complexity index is 677. The Morgan fingerprint density at radius 1 is 1.32 bits per heavy atom. The minimum absolute atomic E-state index is 0.0293. The summed E-state index contributed by atoms with van der Waals surface area (Å²) >= 11 is 6.04. The maximum absolute atomic E-state index is 9.94. The SMILES string of the molecule is CN(Cc1ccc2c(c1)C[C@H](N)CN2O)c1cccc(Cl)c1. The third kappa shape index (κ3) is 3.19. The molecule has 0 amide bonds. The lowest BCUT2D eigenvalue weighted by Crippen LogP contribution is -2.41. The van der Waals surface area contributed by atoms with E-state index in [0.717, 1.165) is 34.9 Å². The molecule has 0 spiro atoms. The molecule has 116 valence electrons. The smallest absolute Gasteiger partial charge is 0.0667 e. The molecule has 0 bridgehead atoms. The van der Waals surface area contributed by atoms with Crippen LogP contribution in [0.3, 0.4) is 0 Å². The summed E-state index contributed by atoms with van der Waals surface area (Å²) in [4.78, 5) is 2.15. The molecule has 1 aliphatic rings. The molecule has 0 unspecified atom stereocenters. The van der Waals surface area contributed by atoms with Crippen molar-refractivity contribution < 1.29 is 5.21 Å². The third-order valence-electron chi connectivity index (χ3n) is 3.98. The number of nitrogens with zero attached hydrogens (tertiary/aromatic N) is 2. The van der Waals surface area contributed by atoms with E-state index in [1.54, 1.807) is 0 Å². The normalized spacial score (nSPS) is 17.3. The summed E-state index contributed by atoms with van der Waals surface area (Å²) in [5, 5.41) is 11.9. The van der Waals surface area contributed by atoms with E-state index in [0.29, 0.717) is 6.54 Å². The van der Waals surface area contributed by atoms with Crippen LogP contribution in [0.4, 0.5) is 11.4 Å². The van der Waals surface area contributed by atoms with Gasteiger partial charge in [-0.3, -0.25) is 10.3 Å². The average Bonchev–Trinajstić information content (AvgIpc) is 2.46. The Kier molecular flexibility index (Phi) is 4.25. The van der Waals surface area contributed by atoms with Crippen molar-refractivity contribution in [1.29, 1.82) is 0 Å². The summed E-state index contributed by atoms with van der Waals surface area (Å²) in [6.45, 7) is 1.25. The van der Waals surface area contributed by atoms with Gasteiger partial charge in [-0.15, -0.1) is 0 Å². The summed E-state index contributed by atoms with van der Waals surface area (Å²) < 4.78 is 0. The van der Waals surface area contributed by atoms with Gasteiger partial charge in [-0.2, -0.15) is 0 Å². The fourth-order valence-corrected chi connectivity index (χ4v) is 3.08. The van der Waals surface area contributed by atoms with E-state index in [4.69, 9.17) is 17.3 Å². The van der Waals surface area contributed by atoms with Crippen LogP contribution in [0.1, 0.15) is 11.1 Å². The van der Waals surface area contributed by atoms with E-state index in [1.165, 1.54) is 10.6 Å². The summed E-state index contributed by atoms with van der Waals surface area (Å²) in [6.07, 6.45) is 0.793. The summed E-state index contributed by atoms with van der Waals surface area (Å²) in [7, 11) is 2.04. The predicted molar refractivity (Wildman–Crippen MR) is 90.8 cm³/mol. The van der Waals surface area contributed by atoms with Crippen LogP contribution in [0.5, 0.6) is 0 Å². The molecule has 1 aliphatic heterocycles. The van der Waals surface area contributed by atoms with E-state index in [9.17, 15) is 5.21 Å². The van der Waals surface area contributed by atoms with Gasteiger partial charge in [0, 0.05) is 30.3 Å². The number of rotatable bonds is 3. The minimum atomic E-state index is -0.0293. The highest BCUT2D eigenvalue weighted by molar-refractivity contribution is 6.30. The van der Waals surface area contributed by atoms with E-state index in [1.807, 2.05) is 43.4 Å². The van der Waals surface area contributed by atoms with Gasteiger partial charge in [-0.05, 0) is 41.8 Å². The lowest BCUT2D eigenvalue weighted by Gasteiger charge is -2.30. The van der Waals surface area contributed by atoms with Crippen molar-refractivity contribution in [2.24, 2.45) is 5.73 Å². The molecular formula is C17H20ClN3O. The highest BCUT2D eigenvalue weighted by Gasteiger charge is 2.21. The molecule has 0 radical (unpaired) electrons. The number of halogens is 1. The van der Waals surface area contributed by atoms with Gasteiger partial charge in [-0.1, -0.05) is 29.8 Å². The lowest BCUT2D eigenvalue weighted by molar-refractivity contribution is 0.238. The second-order valence-electron chi connectivity index (χ2n) is 5.85. The van der Waals surface area contributed by atoms with Crippen LogP contribution < -0.4 is 15.7 Å². The van der Waals surface area contributed by atoms with Gasteiger partial charge in [0.2, 0.25) is 0 Å². The zero-order valence-corrected chi connectivity index (χ0v) is 13.3. The molecule has 2 aromatic rings. The standard InChI is InChI=1S/C17H20ClN3O/c1-20(16-4-2-3-14(18)9-16)10-12-5-6-17-13(7-12)8-15(19)11-21(17)22/h2-7,9,15,22H,8,10-11,19H2,1H3/t15-/m0/s1. The van der Waals surface area contributed by atoms with Crippen LogP contribution in [0, 0.1) is 0 Å². The van der Waals surface area contributed by atoms with E-state index < -0.39 is 0 Å². The largest absolute Gasteiger partial charge is 0.370 e. The number of hydrogen-bond donors (Lipinski definition) is 2. The molecular weight excluding hydrogens is 298 g/mol. The van der Waals surface area contributed by atoms with Crippen LogP contribution in [0.25, 0.3) is 0 Å². The Morgan fingerprint density at radius 3 is 2.91 bits per heavy atom. The first-order valence-electron chi connectivity index (χ1n) is 7.33. The van der Waals surface area contributed by atoms with E-state index in [2.05, 4.69) is 11.0 Å². The van der Waals surface area contributed by atoms with Gasteiger partial charge in [0.25, 0.3) is 0 Å². The molecule has 3 rings (SSSR count). The monoisotopic (exact) mass is 317 g/mol. The van der Waals surface area contributed by atoms with Gasteiger partial charge < -0.3 is 10.6 Å². The summed E-state index contributed by atoms with van der Waals surface area (Å²) in [6, 6.07) is 13.9. The third-order valence-corrected chi connectivity index (χ3v) is 4.22. The van der Waals surface area contributed by atoms with Crippen molar-refractivity contribution >= 4 is 23.0 Å². The quantitative estimate of drug-likeness (QED) is 0.913. The second kappa shape index (κ2) is 6.16. The van der Waals surface area contributed by atoms with Gasteiger partial charge in [0.15, 0.2) is 0 Å². The molecule has 0 saturated carbocycles. The highest BCUT2D eigenvalue weighted by atomic mass is 35.5. The molecule has 2 aromatic carbocycles. The minimum Gasteiger partial charge on any atom is -0.370 e. The lowest BCUT2D eigenvalue weighted by atomic mass is 9.97. The highest BCUT2D eigenvalue weighted by Crippen LogP contribution is 2.27. The molecule has 0 fully saturated rings. The average molecular weight is 318 g/mol. The van der Waals surface area contributed by atoms with Gasteiger partial charge in [0.1, 0.15) is 0 Å². The maximum atomic E-state index is 9.94. The number of hydroxylamine groups is 1. The first-order valence-corrected chi connectivity index (χ1v) is 7.71. The van der Waals surface area contributed by atoms with Gasteiger partial charge in [-0.25, -0.2) is 0 Å². The molecule has 1 heterocycles. The topological polar surface area (TPSA) is 52.7 Å². The Hall–Kier alpha value is -1.75. The number of nitrogens with two attached hydrogens (primary N) is 1. The summed E-state index contributed by atoms with van der Waals surface area (Å²) in [5.41, 5.74) is 10.2. The molecule has 0 aromatic heterocycles. The molecule has 1 atom stereocenters. The van der Waals surface area contributed by atoms with Crippen molar-refractivity contribution in [3.05, 3.63) is 58.6 Å². The van der Waals surface area contributed by atoms with Crippen LogP contribution in [0.15, 0.2) is 42.5 Å². The van der Waals surface area contributed by atoms with Crippen molar-refractivity contribution in [3.8, 4) is 0 Å². The number of hydrogen-bond acceptors (Lipinski definition) is 4. The molecule has 5 heteroatoms. The Morgan fingerprint density at radius 2 is 2.14 bits per heavy atom. The molecule has 3 N–H and O–H groups in total. The number of benzene rings is 2.